The summed E-state index contributed by atoms with van der Waals surface area (Å²) in [7, 11) is 0. The molecule has 0 saturated heterocycles. The molecule has 2 heteroatoms. The first-order valence-electron chi connectivity index (χ1n) is 5.71. The van der Waals surface area contributed by atoms with Gasteiger partial charge < -0.3 is 10.4 Å². The zero-order valence-corrected chi connectivity index (χ0v) is 10.6. The van der Waals surface area contributed by atoms with Crippen molar-refractivity contribution in [3.63, 3.8) is 0 Å². The lowest BCUT2D eigenvalue weighted by Gasteiger charge is -2.33. The minimum absolute atomic E-state index is 0.252. The molecule has 0 aliphatic heterocycles. The highest BCUT2D eigenvalue weighted by Crippen LogP contribution is 2.20. The molecule has 0 radical (unpaired) electrons. The Balaban J connectivity index is 4.05. The van der Waals surface area contributed by atoms with E-state index in [1.165, 1.54) is 0 Å². The molecular formula is C12H27NO. The van der Waals surface area contributed by atoms with Crippen molar-refractivity contribution >= 4 is 0 Å². The van der Waals surface area contributed by atoms with Crippen molar-refractivity contribution in [3.8, 4) is 0 Å². The second-order valence-electron chi connectivity index (χ2n) is 5.40. The van der Waals surface area contributed by atoms with Gasteiger partial charge in [0.1, 0.15) is 0 Å². The van der Waals surface area contributed by atoms with Crippen LogP contribution in [-0.2, 0) is 0 Å². The van der Waals surface area contributed by atoms with Gasteiger partial charge in [0.2, 0.25) is 0 Å². The molecule has 0 amide bonds. The van der Waals surface area contributed by atoms with E-state index in [9.17, 15) is 5.11 Å². The molecule has 0 aromatic heterocycles. The Bertz CT molecular complexity index is 156. The van der Waals surface area contributed by atoms with Gasteiger partial charge in [0.25, 0.3) is 0 Å². The van der Waals surface area contributed by atoms with E-state index in [0.717, 1.165) is 12.8 Å². The maximum absolute atomic E-state index is 10.1. The average Bonchev–Trinajstić information content (AvgIpc) is 2.12. The van der Waals surface area contributed by atoms with Crippen LogP contribution in [0.3, 0.4) is 0 Å². The van der Waals surface area contributed by atoms with E-state index < -0.39 is 5.60 Å². The molecule has 1 atom stereocenters. The summed E-state index contributed by atoms with van der Waals surface area (Å²) in [4.78, 5) is 0. The maximum Gasteiger partial charge on any atom is 0.0766 e. The molecule has 0 bridgehead atoms. The molecule has 2 nitrogen and oxygen atoms in total. The van der Waals surface area contributed by atoms with E-state index >= 15 is 0 Å². The molecule has 0 saturated carbocycles. The lowest BCUT2D eigenvalue weighted by atomic mass is 9.87. The predicted octanol–water partition coefficient (Wildman–Crippen LogP) is 2.56. The number of hydrogen-bond donors (Lipinski definition) is 2. The van der Waals surface area contributed by atoms with E-state index in [2.05, 4.69) is 33.0 Å². The van der Waals surface area contributed by atoms with Crippen LogP contribution in [0.4, 0.5) is 0 Å². The van der Waals surface area contributed by atoms with Crippen molar-refractivity contribution < 1.29 is 5.11 Å². The van der Waals surface area contributed by atoms with Gasteiger partial charge in [-0.25, -0.2) is 0 Å². The highest BCUT2D eigenvalue weighted by molar-refractivity contribution is 4.83. The van der Waals surface area contributed by atoms with E-state index in [4.69, 9.17) is 0 Å². The number of nitrogens with one attached hydrogen (secondary N) is 1. The van der Waals surface area contributed by atoms with Crippen LogP contribution in [0, 0.1) is 5.41 Å². The molecule has 0 rings (SSSR count). The number of hydrogen-bond acceptors (Lipinski definition) is 2. The van der Waals surface area contributed by atoms with E-state index in [1.807, 2.05) is 13.8 Å². The van der Waals surface area contributed by atoms with Crippen LogP contribution in [0.1, 0.15) is 54.4 Å². The van der Waals surface area contributed by atoms with Crippen molar-refractivity contribution in [2.45, 2.75) is 66.0 Å². The smallest absolute Gasteiger partial charge is 0.0766 e. The van der Waals surface area contributed by atoms with E-state index in [-0.39, 0.29) is 5.41 Å². The van der Waals surface area contributed by atoms with Crippen LogP contribution >= 0.6 is 0 Å². The molecule has 0 aliphatic rings. The van der Waals surface area contributed by atoms with Crippen LogP contribution in [0.15, 0.2) is 0 Å². The Kier molecular flexibility index (Phi) is 5.10. The first-order chi connectivity index (χ1) is 6.25. The topological polar surface area (TPSA) is 32.3 Å². The van der Waals surface area contributed by atoms with Crippen LogP contribution in [-0.4, -0.2) is 23.3 Å². The first kappa shape index (κ1) is 13.9. The van der Waals surface area contributed by atoms with Crippen LogP contribution < -0.4 is 5.32 Å². The van der Waals surface area contributed by atoms with E-state index in [0.29, 0.717) is 12.6 Å². The van der Waals surface area contributed by atoms with Crippen LogP contribution in [0.5, 0.6) is 0 Å². The van der Waals surface area contributed by atoms with Gasteiger partial charge in [-0.3, -0.25) is 0 Å². The number of aliphatic hydroxyl groups is 1. The van der Waals surface area contributed by atoms with Crippen molar-refractivity contribution in [1.29, 1.82) is 0 Å². The molecule has 0 aromatic carbocycles. The van der Waals surface area contributed by atoms with Gasteiger partial charge in [0, 0.05) is 12.6 Å². The highest BCUT2D eigenvalue weighted by Gasteiger charge is 2.25. The standard InChI is InChI=1S/C12H27NO/c1-7-12(14,8-2)9-13-10(3)11(4,5)6/h10,13-14H,7-9H2,1-6H3. The molecule has 0 heterocycles. The Morgan fingerprint density at radius 1 is 1.14 bits per heavy atom. The summed E-state index contributed by atoms with van der Waals surface area (Å²) in [6.07, 6.45) is 1.63. The fourth-order valence-corrected chi connectivity index (χ4v) is 1.15. The summed E-state index contributed by atoms with van der Waals surface area (Å²) in [5, 5.41) is 13.5. The van der Waals surface area contributed by atoms with Crippen molar-refractivity contribution in [1.82, 2.24) is 5.32 Å². The minimum atomic E-state index is -0.528. The third-order valence-electron chi connectivity index (χ3n) is 3.35. The molecule has 0 fully saturated rings. The van der Waals surface area contributed by atoms with Gasteiger partial charge in [0.05, 0.1) is 5.60 Å². The quantitative estimate of drug-likeness (QED) is 0.716. The molecule has 0 aliphatic carbocycles. The van der Waals surface area contributed by atoms with Crippen molar-refractivity contribution in [2.24, 2.45) is 5.41 Å². The fraction of sp³-hybridized carbons (Fsp3) is 1.00. The molecule has 0 aromatic rings. The third-order valence-corrected chi connectivity index (χ3v) is 3.35. The minimum Gasteiger partial charge on any atom is -0.389 e. The second-order valence-corrected chi connectivity index (χ2v) is 5.40. The normalized spacial score (nSPS) is 15.6. The Morgan fingerprint density at radius 2 is 1.57 bits per heavy atom. The highest BCUT2D eigenvalue weighted by atomic mass is 16.3. The van der Waals surface area contributed by atoms with Gasteiger partial charge in [0.15, 0.2) is 0 Å². The van der Waals surface area contributed by atoms with Crippen molar-refractivity contribution in [3.05, 3.63) is 0 Å². The zero-order valence-electron chi connectivity index (χ0n) is 10.6. The summed E-state index contributed by atoms with van der Waals surface area (Å²) in [6.45, 7) is 13.6. The first-order valence-corrected chi connectivity index (χ1v) is 5.71. The zero-order chi connectivity index (χ0) is 11.4. The molecular weight excluding hydrogens is 174 g/mol. The summed E-state index contributed by atoms with van der Waals surface area (Å²) >= 11 is 0. The lowest BCUT2D eigenvalue weighted by Crippen LogP contribution is -2.47. The molecule has 0 spiro atoms. The Labute approximate surface area is 89.1 Å². The van der Waals surface area contributed by atoms with Crippen LogP contribution in [0.25, 0.3) is 0 Å². The average molecular weight is 201 g/mol. The third kappa shape index (κ3) is 4.43. The predicted molar refractivity (Wildman–Crippen MR) is 62.5 cm³/mol. The lowest BCUT2D eigenvalue weighted by molar-refractivity contribution is 0.0265. The fourth-order valence-electron chi connectivity index (χ4n) is 1.15. The summed E-state index contributed by atoms with van der Waals surface area (Å²) in [5.74, 6) is 0. The summed E-state index contributed by atoms with van der Waals surface area (Å²) in [6, 6.07) is 0.423. The van der Waals surface area contributed by atoms with Crippen molar-refractivity contribution in [2.75, 3.05) is 6.54 Å². The monoisotopic (exact) mass is 201 g/mol. The largest absolute Gasteiger partial charge is 0.389 e. The Morgan fingerprint density at radius 3 is 1.86 bits per heavy atom. The van der Waals surface area contributed by atoms with Gasteiger partial charge >= 0.3 is 0 Å². The molecule has 86 valence electrons. The van der Waals surface area contributed by atoms with E-state index in [1.54, 1.807) is 0 Å². The molecule has 14 heavy (non-hydrogen) atoms. The maximum atomic E-state index is 10.1. The molecule has 2 N–H and O–H groups in total. The van der Waals surface area contributed by atoms with Gasteiger partial charge in [-0.15, -0.1) is 0 Å². The number of rotatable bonds is 5. The summed E-state index contributed by atoms with van der Waals surface area (Å²) in [5.41, 5.74) is -0.276. The second kappa shape index (κ2) is 5.13. The van der Waals surface area contributed by atoms with Gasteiger partial charge in [-0.1, -0.05) is 34.6 Å². The summed E-state index contributed by atoms with van der Waals surface area (Å²) < 4.78 is 0. The molecule has 1 unspecified atom stereocenters. The Hall–Kier alpha value is -0.0800. The van der Waals surface area contributed by atoms with Crippen LogP contribution in [0.2, 0.25) is 0 Å². The van der Waals surface area contributed by atoms with Gasteiger partial charge in [-0.05, 0) is 25.2 Å². The SMILES string of the molecule is CCC(O)(CC)CNC(C)C(C)(C)C. The van der Waals surface area contributed by atoms with Gasteiger partial charge in [-0.2, -0.15) is 0 Å².